The fourth-order valence-electron chi connectivity index (χ4n) is 4.89. The van der Waals surface area contributed by atoms with E-state index in [4.69, 9.17) is 9.73 Å². The molecule has 2 amide bonds. The van der Waals surface area contributed by atoms with Crippen LogP contribution in [0.25, 0.3) is 6.08 Å². The van der Waals surface area contributed by atoms with Crippen molar-refractivity contribution < 1.29 is 27.5 Å². The molecule has 5 aromatic rings. The highest BCUT2D eigenvalue weighted by Crippen LogP contribution is 2.29. The van der Waals surface area contributed by atoms with Gasteiger partial charge in [0.1, 0.15) is 11.5 Å². The first kappa shape index (κ1) is 33.8. The van der Waals surface area contributed by atoms with E-state index in [1.54, 1.807) is 23.6 Å². The molecule has 0 saturated heterocycles. The number of anilines is 4. The number of nitrogens with one attached hydrogen (secondary N) is 2. The van der Waals surface area contributed by atoms with Crippen LogP contribution in [0.4, 0.5) is 22.2 Å². The molecule has 12 nitrogen and oxygen atoms in total. The molecule has 0 radical (unpaired) electrons. The molecule has 2 heterocycles. The molecule has 2 N–H and O–H groups in total. The van der Waals surface area contributed by atoms with Crippen molar-refractivity contribution in [2.24, 2.45) is 4.99 Å². The molecular formula is C36H30N6O6S2. The molecular weight excluding hydrogens is 677 g/mol. The van der Waals surface area contributed by atoms with Crippen LogP contribution in [0.15, 0.2) is 130 Å². The summed E-state index contributed by atoms with van der Waals surface area (Å²) in [5.41, 5.74) is 3.83. The summed E-state index contributed by atoms with van der Waals surface area (Å²) in [6.07, 6.45) is 3.22. The molecule has 1 aromatic heterocycles. The number of aliphatic imine (C=N–C) groups is 1. The maximum absolute atomic E-state index is 13.7. The van der Waals surface area contributed by atoms with Crippen molar-refractivity contribution in [1.82, 2.24) is 4.98 Å². The minimum Gasteiger partial charge on any atom is -0.452 e. The topological polar surface area (TPSA) is 150 Å². The number of amidine groups is 1. The van der Waals surface area contributed by atoms with E-state index in [0.29, 0.717) is 17.2 Å². The molecule has 0 saturated carbocycles. The van der Waals surface area contributed by atoms with Crippen LogP contribution in [0.3, 0.4) is 0 Å². The second-order valence-corrected chi connectivity index (χ2v) is 13.7. The molecule has 0 aliphatic carbocycles. The molecule has 50 heavy (non-hydrogen) atoms. The Balaban J connectivity index is 1.10. The van der Waals surface area contributed by atoms with Crippen LogP contribution in [0, 0.1) is 0 Å². The average molecular weight is 707 g/mol. The SMILES string of the molecule is CN(C)c1ccc(/C=C2\N=C(c3ccccc3)N(c3ccc(C(=O)OCC(=O)Nc4ccc(S(=O)(=O)Nc5nccs5)cc4)cc3)C2=O)cc1. The molecule has 4 aromatic carbocycles. The number of hydrogen-bond acceptors (Lipinski definition) is 10. The third-order valence-electron chi connectivity index (χ3n) is 7.40. The molecule has 252 valence electrons. The van der Waals surface area contributed by atoms with Crippen LogP contribution in [0.2, 0.25) is 0 Å². The number of sulfonamides is 1. The summed E-state index contributed by atoms with van der Waals surface area (Å²) in [4.78, 5) is 51.1. The summed E-state index contributed by atoms with van der Waals surface area (Å²) in [5.74, 6) is -1.24. The molecule has 0 spiro atoms. The van der Waals surface area contributed by atoms with Gasteiger partial charge in [0, 0.05) is 42.6 Å². The normalized spacial score (nSPS) is 13.6. The molecule has 0 unspecified atom stereocenters. The van der Waals surface area contributed by atoms with Gasteiger partial charge in [-0.1, -0.05) is 42.5 Å². The number of hydrogen-bond donors (Lipinski definition) is 2. The van der Waals surface area contributed by atoms with E-state index in [9.17, 15) is 22.8 Å². The van der Waals surface area contributed by atoms with Gasteiger partial charge < -0.3 is 15.0 Å². The van der Waals surface area contributed by atoms with Crippen molar-refractivity contribution in [3.63, 3.8) is 0 Å². The number of esters is 1. The number of rotatable bonds is 11. The third kappa shape index (κ3) is 7.77. The summed E-state index contributed by atoms with van der Waals surface area (Å²) in [5, 5.41) is 4.45. The highest BCUT2D eigenvalue weighted by Gasteiger charge is 2.32. The summed E-state index contributed by atoms with van der Waals surface area (Å²) >= 11 is 1.15. The molecule has 0 bridgehead atoms. The van der Waals surface area contributed by atoms with Gasteiger partial charge in [0.2, 0.25) is 0 Å². The van der Waals surface area contributed by atoms with Crippen LogP contribution < -0.4 is 19.8 Å². The van der Waals surface area contributed by atoms with E-state index in [2.05, 4.69) is 15.0 Å². The van der Waals surface area contributed by atoms with E-state index in [1.807, 2.05) is 73.6 Å². The number of nitrogens with zero attached hydrogens (tertiary/aromatic N) is 4. The minimum absolute atomic E-state index is 0.0134. The van der Waals surface area contributed by atoms with Gasteiger partial charge in [-0.3, -0.25) is 19.2 Å². The molecule has 14 heteroatoms. The highest BCUT2D eigenvalue weighted by atomic mass is 32.2. The first-order chi connectivity index (χ1) is 24.1. The van der Waals surface area contributed by atoms with Crippen LogP contribution in [0.5, 0.6) is 0 Å². The van der Waals surface area contributed by atoms with Crippen LogP contribution >= 0.6 is 11.3 Å². The zero-order chi connectivity index (χ0) is 35.3. The minimum atomic E-state index is -3.85. The van der Waals surface area contributed by atoms with Crippen LogP contribution in [0.1, 0.15) is 21.5 Å². The Bertz CT molecular complexity index is 2180. The lowest BCUT2D eigenvalue weighted by atomic mass is 10.1. The quantitative estimate of drug-likeness (QED) is 0.132. The van der Waals surface area contributed by atoms with Gasteiger partial charge in [-0.25, -0.2) is 23.2 Å². The fourth-order valence-corrected chi connectivity index (χ4v) is 6.68. The molecule has 0 atom stereocenters. The lowest BCUT2D eigenvalue weighted by molar-refractivity contribution is -0.119. The number of benzene rings is 4. The van der Waals surface area contributed by atoms with Crippen molar-refractivity contribution in [3.8, 4) is 0 Å². The van der Waals surface area contributed by atoms with E-state index < -0.39 is 28.5 Å². The van der Waals surface area contributed by atoms with Gasteiger partial charge in [-0.15, -0.1) is 11.3 Å². The average Bonchev–Trinajstić information content (AvgIpc) is 3.75. The van der Waals surface area contributed by atoms with Gasteiger partial charge in [0.25, 0.3) is 21.8 Å². The lowest BCUT2D eigenvalue weighted by Gasteiger charge is -2.19. The largest absolute Gasteiger partial charge is 0.452 e. The van der Waals surface area contributed by atoms with Crippen molar-refractivity contribution in [2.75, 3.05) is 40.5 Å². The van der Waals surface area contributed by atoms with Crippen LogP contribution in [-0.2, 0) is 24.3 Å². The number of carbonyl (C=O) groups excluding carboxylic acids is 3. The Labute approximate surface area is 292 Å². The Morgan fingerprint density at radius 1 is 0.920 bits per heavy atom. The highest BCUT2D eigenvalue weighted by molar-refractivity contribution is 7.93. The summed E-state index contributed by atoms with van der Waals surface area (Å²) in [6.45, 7) is -0.578. The Kier molecular flexibility index (Phi) is 9.83. The zero-order valence-electron chi connectivity index (χ0n) is 26.8. The first-order valence-corrected chi connectivity index (χ1v) is 17.5. The number of amides is 2. The molecule has 6 rings (SSSR count). The standard InChI is InChI=1S/C36H30N6O6S2/c1-41(2)28-14-8-24(9-15-28)22-31-34(44)42(33(39-31)25-6-4-3-5-7-25)29-16-10-26(11-17-29)35(45)48-23-32(43)38-27-12-18-30(19-13-27)50(46,47)40-36-37-20-21-49-36/h3-22H,23H2,1-2H3,(H,37,40)(H,38,43)/b31-22-. The van der Waals surface area contributed by atoms with Crippen LogP contribution in [-0.4, -0.2) is 57.7 Å². The van der Waals surface area contributed by atoms with Crippen molar-refractivity contribution in [2.45, 2.75) is 4.90 Å². The monoisotopic (exact) mass is 706 g/mol. The predicted octanol–water partition coefficient (Wildman–Crippen LogP) is 5.64. The lowest BCUT2D eigenvalue weighted by Crippen LogP contribution is -2.32. The zero-order valence-corrected chi connectivity index (χ0v) is 28.4. The summed E-state index contributed by atoms with van der Waals surface area (Å²) in [7, 11) is 0.0610. The number of ether oxygens (including phenoxy) is 1. The van der Waals surface area contributed by atoms with Gasteiger partial charge in [-0.05, 0) is 72.3 Å². The predicted molar refractivity (Wildman–Crippen MR) is 194 cm³/mol. The fraction of sp³-hybridized carbons (Fsp3) is 0.0833. The third-order valence-corrected chi connectivity index (χ3v) is 9.58. The second kappa shape index (κ2) is 14.6. The maximum atomic E-state index is 13.7. The Morgan fingerprint density at radius 2 is 1.62 bits per heavy atom. The van der Waals surface area contributed by atoms with E-state index >= 15 is 0 Å². The first-order valence-electron chi connectivity index (χ1n) is 15.1. The molecule has 0 fully saturated rings. The summed E-state index contributed by atoms with van der Waals surface area (Å²) in [6, 6.07) is 28.8. The van der Waals surface area contributed by atoms with E-state index in [1.165, 1.54) is 47.5 Å². The number of thiazole rings is 1. The van der Waals surface area contributed by atoms with Gasteiger partial charge in [-0.2, -0.15) is 0 Å². The molecule has 1 aliphatic heterocycles. The summed E-state index contributed by atoms with van der Waals surface area (Å²) < 4.78 is 32.6. The van der Waals surface area contributed by atoms with E-state index in [-0.39, 0.29) is 27.2 Å². The maximum Gasteiger partial charge on any atom is 0.338 e. The second-order valence-electron chi connectivity index (χ2n) is 11.1. The van der Waals surface area contributed by atoms with Gasteiger partial charge >= 0.3 is 5.97 Å². The molecule has 1 aliphatic rings. The number of carbonyl (C=O) groups is 3. The van der Waals surface area contributed by atoms with Gasteiger partial charge in [0.15, 0.2) is 11.7 Å². The van der Waals surface area contributed by atoms with E-state index in [0.717, 1.165) is 28.2 Å². The van der Waals surface area contributed by atoms with Gasteiger partial charge in [0.05, 0.1) is 16.1 Å². The number of aromatic nitrogens is 1. The van der Waals surface area contributed by atoms with Crippen molar-refractivity contribution in [1.29, 1.82) is 0 Å². The van der Waals surface area contributed by atoms with Crippen molar-refractivity contribution in [3.05, 3.63) is 137 Å². The smallest absolute Gasteiger partial charge is 0.338 e. The Hall–Kier alpha value is -6.12. The van der Waals surface area contributed by atoms with Crippen molar-refractivity contribution >= 4 is 73.2 Å². The Morgan fingerprint density at radius 3 is 2.26 bits per heavy atom.